The first-order chi connectivity index (χ1) is 8.38. The Labute approximate surface area is 103 Å². The van der Waals surface area contributed by atoms with E-state index in [-0.39, 0.29) is 6.61 Å². The molecule has 17 heavy (non-hydrogen) atoms. The molecule has 0 aromatic heterocycles. The minimum absolute atomic E-state index is 0.214. The molecule has 1 unspecified atom stereocenters. The second-order valence-electron chi connectivity index (χ2n) is 4.63. The third-order valence-corrected chi connectivity index (χ3v) is 3.20. The molecule has 0 bridgehead atoms. The lowest BCUT2D eigenvalue weighted by Gasteiger charge is -2.22. The normalized spacial score (nSPS) is 20.2. The Morgan fingerprint density at radius 1 is 1.29 bits per heavy atom. The molecule has 0 aliphatic carbocycles. The van der Waals surface area contributed by atoms with Gasteiger partial charge in [0.15, 0.2) is 0 Å². The van der Waals surface area contributed by atoms with Gasteiger partial charge in [-0.05, 0) is 42.9 Å². The maximum atomic E-state index is 8.83. The molecule has 3 nitrogen and oxygen atoms in total. The van der Waals surface area contributed by atoms with Crippen LogP contribution in [0.15, 0.2) is 24.3 Å². The number of hydrogen-bond donors (Lipinski definition) is 2. The highest BCUT2D eigenvalue weighted by molar-refractivity contribution is 5.44. The van der Waals surface area contributed by atoms with Crippen molar-refractivity contribution in [2.24, 2.45) is 5.92 Å². The molecule has 0 saturated carbocycles. The molecule has 0 amide bonds. The second kappa shape index (κ2) is 6.62. The summed E-state index contributed by atoms with van der Waals surface area (Å²) in [5, 5.41) is 12.3. The van der Waals surface area contributed by atoms with E-state index in [4.69, 9.17) is 9.84 Å². The van der Waals surface area contributed by atoms with E-state index in [9.17, 15) is 0 Å². The Kier molecular flexibility index (Phi) is 4.83. The van der Waals surface area contributed by atoms with E-state index in [0.29, 0.717) is 5.92 Å². The Morgan fingerprint density at radius 2 is 2.12 bits per heavy atom. The van der Waals surface area contributed by atoms with Crippen molar-refractivity contribution in [2.45, 2.75) is 19.3 Å². The molecule has 2 N–H and O–H groups in total. The number of aliphatic hydroxyl groups excluding tert-OH is 1. The number of ether oxygens (including phenoxy) is 1. The van der Waals surface area contributed by atoms with E-state index >= 15 is 0 Å². The van der Waals surface area contributed by atoms with Crippen LogP contribution in [-0.2, 0) is 11.2 Å². The van der Waals surface area contributed by atoms with E-state index in [2.05, 4.69) is 29.6 Å². The monoisotopic (exact) mass is 235 g/mol. The van der Waals surface area contributed by atoms with Gasteiger partial charge in [0.05, 0.1) is 6.61 Å². The molecule has 1 heterocycles. The van der Waals surface area contributed by atoms with Crippen molar-refractivity contribution < 1.29 is 9.84 Å². The standard InChI is InChI=1S/C14H21NO2/c16-8-7-12-3-5-14(6-4-12)15-10-13-2-1-9-17-11-13/h3-6,13,15-16H,1-2,7-11H2. The largest absolute Gasteiger partial charge is 0.396 e. The summed E-state index contributed by atoms with van der Waals surface area (Å²) in [6.45, 7) is 3.01. The fourth-order valence-electron chi connectivity index (χ4n) is 2.15. The van der Waals surface area contributed by atoms with Crippen molar-refractivity contribution in [3.05, 3.63) is 29.8 Å². The Hall–Kier alpha value is -1.06. The summed E-state index contributed by atoms with van der Waals surface area (Å²) < 4.78 is 5.45. The van der Waals surface area contributed by atoms with Crippen LogP contribution in [-0.4, -0.2) is 31.5 Å². The number of anilines is 1. The smallest absolute Gasteiger partial charge is 0.0511 e. The average molecular weight is 235 g/mol. The van der Waals surface area contributed by atoms with Crippen LogP contribution in [0.2, 0.25) is 0 Å². The zero-order valence-corrected chi connectivity index (χ0v) is 10.2. The summed E-state index contributed by atoms with van der Waals surface area (Å²) in [7, 11) is 0. The molecule has 2 rings (SSSR count). The van der Waals surface area contributed by atoms with Gasteiger partial charge >= 0.3 is 0 Å². The Balaban J connectivity index is 1.77. The van der Waals surface area contributed by atoms with Gasteiger partial charge in [-0.25, -0.2) is 0 Å². The van der Waals surface area contributed by atoms with E-state index in [1.54, 1.807) is 0 Å². The molecule has 1 aliphatic heterocycles. The number of aliphatic hydroxyl groups is 1. The molecule has 1 aromatic carbocycles. The van der Waals surface area contributed by atoms with Crippen LogP contribution < -0.4 is 5.32 Å². The first-order valence-corrected chi connectivity index (χ1v) is 6.40. The van der Waals surface area contributed by atoms with E-state index in [1.807, 2.05) is 0 Å². The molecule has 1 saturated heterocycles. The first kappa shape index (κ1) is 12.4. The van der Waals surface area contributed by atoms with Crippen LogP contribution in [0.4, 0.5) is 5.69 Å². The molecule has 94 valence electrons. The Morgan fingerprint density at radius 3 is 2.76 bits per heavy atom. The third kappa shape index (κ3) is 4.02. The lowest BCUT2D eigenvalue weighted by Crippen LogP contribution is -2.24. The van der Waals surface area contributed by atoms with Crippen LogP contribution in [0.5, 0.6) is 0 Å². The van der Waals surface area contributed by atoms with Crippen molar-refractivity contribution >= 4 is 5.69 Å². The molecule has 0 radical (unpaired) electrons. The number of rotatable bonds is 5. The van der Waals surface area contributed by atoms with Gasteiger partial charge in [-0.15, -0.1) is 0 Å². The zero-order valence-electron chi connectivity index (χ0n) is 10.2. The summed E-state index contributed by atoms with van der Waals surface area (Å²) in [6.07, 6.45) is 3.17. The molecule has 1 fully saturated rings. The van der Waals surface area contributed by atoms with Gasteiger partial charge in [0, 0.05) is 25.4 Å². The lowest BCUT2D eigenvalue weighted by molar-refractivity contribution is 0.0595. The van der Waals surface area contributed by atoms with Gasteiger partial charge in [0.2, 0.25) is 0 Å². The maximum Gasteiger partial charge on any atom is 0.0511 e. The summed E-state index contributed by atoms with van der Waals surface area (Å²) in [5.41, 5.74) is 2.33. The van der Waals surface area contributed by atoms with E-state index < -0.39 is 0 Å². The fourth-order valence-corrected chi connectivity index (χ4v) is 2.15. The van der Waals surface area contributed by atoms with Crippen molar-refractivity contribution in [2.75, 3.05) is 31.7 Å². The molecule has 1 atom stereocenters. The highest BCUT2D eigenvalue weighted by Gasteiger charge is 2.13. The fraction of sp³-hybridized carbons (Fsp3) is 0.571. The topological polar surface area (TPSA) is 41.5 Å². The highest BCUT2D eigenvalue weighted by atomic mass is 16.5. The second-order valence-corrected chi connectivity index (χ2v) is 4.63. The van der Waals surface area contributed by atoms with Crippen molar-refractivity contribution in [1.29, 1.82) is 0 Å². The molecular weight excluding hydrogens is 214 g/mol. The zero-order chi connectivity index (χ0) is 11.9. The summed E-state index contributed by atoms with van der Waals surface area (Å²) in [6, 6.07) is 8.29. The quantitative estimate of drug-likeness (QED) is 0.821. The van der Waals surface area contributed by atoms with Crippen LogP contribution in [0.3, 0.4) is 0 Å². The van der Waals surface area contributed by atoms with Gasteiger partial charge in [0.25, 0.3) is 0 Å². The number of hydrogen-bond acceptors (Lipinski definition) is 3. The Bertz CT molecular complexity index is 317. The predicted octanol–water partition coefficient (Wildman–Crippen LogP) is 2.06. The number of benzene rings is 1. The molecule has 3 heteroatoms. The summed E-state index contributed by atoms with van der Waals surface area (Å²) in [4.78, 5) is 0. The van der Waals surface area contributed by atoms with Gasteiger partial charge in [-0.1, -0.05) is 12.1 Å². The van der Waals surface area contributed by atoms with Crippen LogP contribution >= 0.6 is 0 Å². The third-order valence-electron chi connectivity index (χ3n) is 3.20. The lowest BCUT2D eigenvalue weighted by atomic mass is 10.0. The summed E-state index contributed by atoms with van der Waals surface area (Å²) in [5.74, 6) is 0.640. The minimum Gasteiger partial charge on any atom is -0.396 e. The maximum absolute atomic E-state index is 8.83. The van der Waals surface area contributed by atoms with E-state index in [1.165, 1.54) is 18.4 Å². The van der Waals surface area contributed by atoms with Gasteiger partial charge in [-0.3, -0.25) is 0 Å². The van der Waals surface area contributed by atoms with Crippen LogP contribution in [0, 0.1) is 5.92 Å². The predicted molar refractivity (Wildman–Crippen MR) is 69.3 cm³/mol. The van der Waals surface area contributed by atoms with E-state index in [0.717, 1.165) is 31.9 Å². The SMILES string of the molecule is OCCc1ccc(NCC2CCCOC2)cc1. The van der Waals surface area contributed by atoms with Crippen LogP contribution in [0.25, 0.3) is 0 Å². The van der Waals surface area contributed by atoms with Crippen molar-refractivity contribution in [3.8, 4) is 0 Å². The average Bonchev–Trinajstić information content (AvgIpc) is 2.40. The first-order valence-electron chi connectivity index (χ1n) is 6.40. The van der Waals surface area contributed by atoms with Crippen molar-refractivity contribution in [1.82, 2.24) is 0 Å². The van der Waals surface area contributed by atoms with Gasteiger partial charge in [0.1, 0.15) is 0 Å². The van der Waals surface area contributed by atoms with Crippen molar-refractivity contribution in [3.63, 3.8) is 0 Å². The minimum atomic E-state index is 0.214. The van der Waals surface area contributed by atoms with Crippen LogP contribution in [0.1, 0.15) is 18.4 Å². The molecular formula is C14H21NO2. The highest BCUT2D eigenvalue weighted by Crippen LogP contribution is 2.15. The number of nitrogens with one attached hydrogen (secondary N) is 1. The van der Waals surface area contributed by atoms with Gasteiger partial charge < -0.3 is 15.2 Å². The molecule has 1 aromatic rings. The van der Waals surface area contributed by atoms with Gasteiger partial charge in [-0.2, -0.15) is 0 Å². The summed E-state index contributed by atoms with van der Waals surface area (Å²) >= 11 is 0. The molecule has 1 aliphatic rings. The molecule has 0 spiro atoms.